The van der Waals surface area contributed by atoms with Gasteiger partial charge in [-0.15, -0.1) is 0 Å². The first-order chi connectivity index (χ1) is 22.8. The molecule has 12 heteroatoms. The number of hydrogen-bond acceptors (Lipinski definition) is 9. The summed E-state index contributed by atoms with van der Waals surface area (Å²) in [7, 11) is -0.790. The number of sulfonamides is 1. The molecule has 1 amide bonds. The fraction of sp³-hybridized carbons (Fsp3) is 0.400. The van der Waals surface area contributed by atoms with E-state index < -0.39 is 16.3 Å². The molecule has 0 aliphatic carbocycles. The van der Waals surface area contributed by atoms with Crippen LogP contribution in [0.15, 0.2) is 95.6 Å². The number of methoxy groups -OCH3 is 2. The van der Waals surface area contributed by atoms with Crippen LogP contribution < -0.4 is 9.47 Å². The summed E-state index contributed by atoms with van der Waals surface area (Å²) in [5.41, 5.74) is 2.21. The summed E-state index contributed by atoms with van der Waals surface area (Å²) < 4.78 is 50.6. The van der Waals surface area contributed by atoms with Crippen molar-refractivity contribution in [3.8, 4) is 11.5 Å². The summed E-state index contributed by atoms with van der Waals surface area (Å²) in [6.07, 6.45) is 1.50. The molecule has 0 unspecified atom stereocenters. The maximum Gasteiger partial charge on any atom is 0.288 e. The van der Waals surface area contributed by atoms with E-state index in [1.807, 2.05) is 53.4 Å². The van der Waals surface area contributed by atoms with Gasteiger partial charge in [0.15, 0.2) is 5.76 Å². The summed E-state index contributed by atoms with van der Waals surface area (Å²) in [5, 5.41) is 9.63. The van der Waals surface area contributed by atoms with Crippen LogP contribution in [0.4, 0.5) is 0 Å². The van der Waals surface area contributed by atoms with E-state index in [0.29, 0.717) is 25.3 Å². The molecule has 3 aromatic rings. The molecule has 0 saturated carbocycles. The Morgan fingerprint density at radius 2 is 1.53 bits per heavy atom. The highest BCUT2D eigenvalue weighted by Gasteiger charge is 2.33. The van der Waals surface area contributed by atoms with Crippen molar-refractivity contribution in [2.24, 2.45) is 0 Å². The Hall–Kier alpha value is -3.94. The Labute approximate surface area is 276 Å². The molecule has 2 aliphatic rings. The Bertz CT molecular complexity index is 1580. The number of aliphatic hydroxyl groups is 1. The monoisotopic (exact) mass is 665 g/mol. The molecular formula is C35H43N3O8S. The number of piperazine rings is 1. The van der Waals surface area contributed by atoms with Gasteiger partial charge in [0.2, 0.25) is 16.3 Å². The van der Waals surface area contributed by atoms with Gasteiger partial charge in [0, 0.05) is 58.2 Å². The van der Waals surface area contributed by atoms with E-state index in [4.69, 9.17) is 18.9 Å². The number of benzene rings is 3. The highest BCUT2D eigenvalue weighted by atomic mass is 32.2. The summed E-state index contributed by atoms with van der Waals surface area (Å²) in [5.74, 6) is 1.12. The molecule has 2 atom stereocenters. The van der Waals surface area contributed by atoms with Crippen LogP contribution in [0, 0.1) is 0 Å². The summed E-state index contributed by atoms with van der Waals surface area (Å²) >= 11 is 0. The molecule has 1 saturated heterocycles. The van der Waals surface area contributed by atoms with Crippen LogP contribution in [0.1, 0.15) is 23.5 Å². The first-order valence-electron chi connectivity index (χ1n) is 15.8. The molecule has 0 radical (unpaired) electrons. The van der Waals surface area contributed by atoms with Crippen molar-refractivity contribution in [3.63, 3.8) is 0 Å². The highest BCUT2D eigenvalue weighted by molar-refractivity contribution is 7.89. The van der Waals surface area contributed by atoms with Crippen molar-refractivity contribution < 1.29 is 37.3 Å². The van der Waals surface area contributed by atoms with Crippen molar-refractivity contribution in [2.75, 3.05) is 66.7 Å². The molecule has 1 fully saturated rings. The lowest BCUT2D eigenvalue weighted by Gasteiger charge is -2.36. The summed E-state index contributed by atoms with van der Waals surface area (Å²) in [6.45, 7) is 3.01. The third kappa shape index (κ3) is 8.91. The van der Waals surface area contributed by atoms with Crippen LogP contribution in [0.3, 0.4) is 0 Å². The molecule has 252 valence electrons. The van der Waals surface area contributed by atoms with Crippen LogP contribution in [0.2, 0.25) is 0 Å². The Kier molecular flexibility index (Phi) is 11.9. The maximum absolute atomic E-state index is 13.8. The first kappa shape index (κ1) is 34.4. The van der Waals surface area contributed by atoms with E-state index in [9.17, 15) is 18.3 Å². The minimum Gasteiger partial charge on any atom is -0.497 e. The number of amides is 1. The molecule has 1 N–H and O–H groups in total. The summed E-state index contributed by atoms with van der Waals surface area (Å²) in [4.78, 5) is 18.0. The Morgan fingerprint density at radius 1 is 0.894 bits per heavy atom. The van der Waals surface area contributed by atoms with Gasteiger partial charge in [-0.1, -0.05) is 42.5 Å². The van der Waals surface area contributed by atoms with Crippen molar-refractivity contribution in [3.05, 3.63) is 102 Å². The van der Waals surface area contributed by atoms with Crippen molar-refractivity contribution >= 4 is 15.9 Å². The van der Waals surface area contributed by atoms with Crippen LogP contribution in [-0.2, 0) is 30.8 Å². The number of carbonyl (C=O) groups excluding carboxylic acids is 1. The number of ether oxygens (including phenoxy) is 4. The number of carbonyl (C=O) groups is 1. The average molecular weight is 666 g/mol. The smallest absolute Gasteiger partial charge is 0.288 e. The largest absolute Gasteiger partial charge is 0.497 e. The van der Waals surface area contributed by atoms with Crippen molar-refractivity contribution in [2.45, 2.75) is 30.1 Å². The second-order valence-corrected chi connectivity index (χ2v) is 13.4. The van der Waals surface area contributed by atoms with Crippen LogP contribution in [-0.4, -0.2) is 107 Å². The topological polar surface area (TPSA) is 118 Å². The molecule has 0 aromatic heterocycles. The van der Waals surface area contributed by atoms with E-state index >= 15 is 0 Å². The standard InChI is InChI=1S/C35H43N3O8S/c1-43-30-10-8-28(9-11-30)29-24-33(35(40)37-18-16-36(17-19-37)26-27-6-4-3-5-7-27)46-34(25-29)45-23-21-38(20-22-39)47(41,42)32-14-12-31(44-2)13-15-32/h3-15,24,29,34,39H,16-23,25-26H2,1-2H3/t29-,34+/m1/s1. The van der Waals surface area contributed by atoms with E-state index in [1.54, 1.807) is 19.2 Å². The Balaban J connectivity index is 1.25. The van der Waals surface area contributed by atoms with Gasteiger partial charge in [0.25, 0.3) is 5.91 Å². The fourth-order valence-electron chi connectivity index (χ4n) is 5.75. The van der Waals surface area contributed by atoms with Gasteiger partial charge in [-0.2, -0.15) is 4.31 Å². The third-order valence-electron chi connectivity index (χ3n) is 8.41. The molecule has 2 aliphatic heterocycles. The van der Waals surface area contributed by atoms with Crippen LogP contribution in [0.25, 0.3) is 0 Å². The van der Waals surface area contributed by atoms with Gasteiger partial charge in [0.05, 0.1) is 32.3 Å². The molecule has 11 nitrogen and oxygen atoms in total. The molecule has 5 rings (SSSR count). The van der Waals surface area contributed by atoms with Gasteiger partial charge in [-0.25, -0.2) is 8.42 Å². The van der Waals surface area contributed by atoms with Gasteiger partial charge in [0.1, 0.15) is 11.5 Å². The highest BCUT2D eigenvalue weighted by Crippen LogP contribution is 2.33. The van der Waals surface area contributed by atoms with E-state index in [2.05, 4.69) is 17.0 Å². The zero-order valence-corrected chi connectivity index (χ0v) is 27.7. The molecule has 2 heterocycles. The zero-order chi connectivity index (χ0) is 33.2. The molecule has 0 bridgehead atoms. The zero-order valence-electron chi connectivity index (χ0n) is 26.9. The molecule has 0 spiro atoms. The lowest BCUT2D eigenvalue weighted by Crippen LogP contribution is -2.49. The normalized spacial score (nSPS) is 18.8. The maximum atomic E-state index is 13.8. The summed E-state index contributed by atoms with van der Waals surface area (Å²) in [6, 6.07) is 24.0. The minimum absolute atomic E-state index is 0.00495. The Morgan fingerprint density at radius 3 is 2.15 bits per heavy atom. The first-order valence-corrected chi connectivity index (χ1v) is 17.2. The van der Waals surface area contributed by atoms with E-state index in [0.717, 1.165) is 30.9 Å². The number of nitrogens with zero attached hydrogens (tertiary/aromatic N) is 3. The number of hydrogen-bond donors (Lipinski definition) is 1. The second kappa shape index (κ2) is 16.2. The number of allylic oxidation sites excluding steroid dienone is 1. The molecular weight excluding hydrogens is 622 g/mol. The van der Waals surface area contributed by atoms with Gasteiger partial charge in [-0.05, 0) is 53.6 Å². The van der Waals surface area contributed by atoms with E-state index in [1.165, 1.54) is 29.1 Å². The second-order valence-electron chi connectivity index (χ2n) is 11.4. The molecule has 3 aromatic carbocycles. The van der Waals surface area contributed by atoms with Crippen LogP contribution in [0.5, 0.6) is 11.5 Å². The fourth-order valence-corrected chi connectivity index (χ4v) is 7.16. The van der Waals surface area contributed by atoms with Crippen molar-refractivity contribution in [1.29, 1.82) is 0 Å². The quantitative estimate of drug-likeness (QED) is 0.276. The number of aliphatic hydroxyl groups excluding tert-OH is 1. The average Bonchev–Trinajstić information content (AvgIpc) is 3.11. The van der Waals surface area contributed by atoms with Gasteiger partial charge >= 0.3 is 0 Å². The third-order valence-corrected chi connectivity index (χ3v) is 10.3. The molecule has 47 heavy (non-hydrogen) atoms. The lowest BCUT2D eigenvalue weighted by atomic mass is 9.92. The van der Waals surface area contributed by atoms with Gasteiger partial charge < -0.3 is 29.0 Å². The lowest BCUT2D eigenvalue weighted by molar-refractivity contribution is -0.154. The number of rotatable bonds is 14. The van der Waals surface area contributed by atoms with Crippen LogP contribution >= 0.6 is 0 Å². The predicted octanol–water partition coefficient (Wildman–Crippen LogP) is 3.46. The van der Waals surface area contributed by atoms with Gasteiger partial charge in [-0.3, -0.25) is 9.69 Å². The minimum atomic E-state index is -3.91. The van der Waals surface area contributed by atoms with E-state index in [-0.39, 0.29) is 48.8 Å². The predicted molar refractivity (Wildman–Crippen MR) is 176 cm³/mol. The SMILES string of the molecule is COc1ccc([C@@H]2C=C(C(=O)N3CCN(Cc4ccccc4)CC3)O[C@H](OCCN(CCO)S(=O)(=O)c3ccc(OC)cc3)C2)cc1. The van der Waals surface area contributed by atoms with Crippen molar-refractivity contribution in [1.82, 2.24) is 14.1 Å².